The molecular formula is C10H12F6. The van der Waals surface area contributed by atoms with Gasteiger partial charge >= 0.3 is 12.4 Å². The van der Waals surface area contributed by atoms with Gasteiger partial charge in [0, 0.05) is 0 Å². The van der Waals surface area contributed by atoms with Crippen molar-refractivity contribution in [2.45, 2.75) is 39.0 Å². The molecule has 0 radical (unpaired) electrons. The van der Waals surface area contributed by atoms with Crippen molar-refractivity contribution >= 4 is 0 Å². The van der Waals surface area contributed by atoms with Gasteiger partial charge < -0.3 is 0 Å². The van der Waals surface area contributed by atoms with Gasteiger partial charge in [-0.2, -0.15) is 26.3 Å². The maximum absolute atomic E-state index is 12.5. The van der Waals surface area contributed by atoms with Gasteiger partial charge in [0.25, 0.3) is 0 Å². The van der Waals surface area contributed by atoms with Crippen LogP contribution >= 0.6 is 0 Å². The zero-order chi connectivity index (χ0) is 12.7. The molecule has 0 aromatic heterocycles. The summed E-state index contributed by atoms with van der Waals surface area (Å²) in [6, 6.07) is 0. The van der Waals surface area contributed by atoms with E-state index in [9.17, 15) is 26.3 Å². The first kappa shape index (κ1) is 13.4. The zero-order valence-corrected chi connectivity index (χ0v) is 8.84. The van der Waals surface area contributed by atoms with Crippen LogP contribution in [0.2, 0.25) is 0 Å². The third kappa shape index (κ3) is 2.71. The molecule has 0 heterocycles. The van der Waals surface area contributed by atoms with Crippen LogP contribution in [-0.4, -0.2) is 12.4 Å². The summed E-state index contributed by atoms with van der Waals surface area (Å²) >= 11 is 0. The number of hydrogen-bond acceptors (Lipinski definition) is 0. The van der Waals surface area contributed by atoms with Crippen LogP contribution in [-0.2, 0) is 0 Å². The molecular weight excluding hydrogens is 234 g/mol. The largest absolute Gasteiger partial charge is 0.392 e. The van der Waals surface area contributed by atoms with E-state index in [1.54, 1.807) is 0 Å². The summed E-state index contributed by atoms with van der Waals surface area (Å²) in [6.07, 6.45) is -10.7. The van der Waals surface area contributed by atoms with Crippen molar-refractivity contribution in [3.8, 4) is 0 Å². The minimum atomic E-state index is -4.79. The van der Waals surface area contributed by atoms with Crippen molar-refractivity contribution in [3.05, 3.63) is 11.1 Å². The van der Waals surface area contributed by atoms with Crippen LogP contribution < -0.4 is 0 Å². The van der Waals surface area contributed by atoms with Crippen molar-refractivity contribution < 1.29 is 26.3 Å². The van der Waals surface area contributed by atoms with Gasteiger partial charge in [0.2, 0.25) is 0 Å². The van der Waals surface area contributed by atoms with Gasteiger partial charge in [0.1, 0.15) is 0 Å². The molecule has 6 heteroatoms. The molecule has 0 saturated carbocycles. The van der Waals surface area contributed by atoms with Crippen LogP contribution in [0.3, 0.4) is 0 Å². The quantitative estimate of drug-likeness (QED) is 0.437. The standard InChI is InChI=1S/C10H12F6/c1-5-3-7(9(11,12)13)8(4-6(5)2)10(14,15)16/h7-8H,3-4H2,1-2H3. The number of halogens is 6. The summed E-state index contributed by atoms with van der Waals surface area (Å²) in [7, 11) is 0. The van der Waals surface area contributed by atoms with Crippen molar-refractivity contribution in [2.75, 3.05) is 0 Å². The summed E-state index contributed by atoms with van der Waals surface area (Å²) in [6.45, 7) is 2.92. The van der Waals surface area contributed by atoms with Gasteiger partial charge in [-0.25, -0.2) is 0 Å². The van der Waals surface area contributed by atoms with Gasteiger partial charge in [0.15, 0.2) is 0 Å². The lowest BCUT2D eigenvalue weighted by Gasteiger charge is -2.35. The lowest BCUT2D eigenvalue weighted by molar-refractivity contribution is -0.255. The van der Waals surface area contributed by atoms with E-state index >= 15 is 0 Å². The van der Waals surface area contributed by atoms with Gasteiger partial charge in [0.05, 0.1) is 11.8 Å². The first-order valence-corrected chi connectivity index (χ1v) is 4.82. The fourth-order valence-electron chi connectivity index (χ4n) is 1.98. The van der Waals surface area contributed by atoms with Crippen LogP contribution in [0.1, 0.15) is 26.7 Å². The fraction of sp³-hybridized carbons (Fsp3) is 0.800. The number of hydrogen-bond donors (Lipinski definition) is 0. The van der Waals surface area contributed by atoms with E-state index in [-0.39, 0.29) is 0 Å². The smallest absolute Gasteiger partial charge is 0.171 e. The fourth-order valence-corrected chi connectivity index (χ4v) is 1.98. The highest BCUT2D eigenvalue weighted by molar-refractivity contribution is 5.17. The average molecular weight is 246 g/mol. The molecule has 0 saturated heterocycles. The molecule has 0 spiro atoms. The molecule has 1 rings (SSSR count). The van der Waals surface area contributed by atoms with E-state index in [0.29, 0.717) is 11.1 Å². The molecule has 94 valence electrons. The summed E-state index contributed by atoms with van der Waals surface area (Å²) in [5.41, 5.74) is 0.839. The molecule has 0 fully saturated rings. The predicted molar refractivity (Wildman–Crippen MR) is 46.7 cm³/mol. The van der Waals surface area contributed by atoms with Gasteiger partial charge in [-0.15, -0.1) is 0 Å². The summed E-state index contributed by atoms with van der Waals surface area (Å²) in [5.74, 6) is -4.59. The van der Waals surface area contributed by atoms with Crippen LogP contribution in [0.4, 0.5) is 26.3 Å². The average Bonchev–Trinajstić information content (AvgIpc) is 2.05. The molecule has 0 aromatic rings. The van der Waals surface area contributed by atoms with Gasteiger partial charge in [-0.05, 0) is 26.7 Å². The van der Waals surface area contributed by atoms with E-state index in [2.05, 4.69) is 0 Å². The number of allylic oxidation sites excluding steroid dienone is 2. The van der Waals surface area contributed by atoms with Gasteiger partial charge in [-0.3, -0.25) is 0 Å². The first-order chi connectivity index (χ1) is 7.03. The topological polar surface area (TPSA) is 0 Å². The summed E-state index contributed by atoms with van der Waals surface area (Å²) in [4.78, 5) is 0. The van der Waals surface area contributed by atoms with Crippen LogP contribution in [0.5, 0.6) is 0 Å². The summed E-state index contributed by atoms with van der Waals surface area (Å²) < 4.78 is 75.0. The Morgan fingerprint density at radius 3 is 1.19 bits per heavy atom. The molecule has 2 unspecified atom stereocenters. The van der Waals surface area contributed by atoms with Gasteiger partial charge in [-0.1, -0.05) is 11.1 Å². The molecule has 0 aromatic carbocycles. The third-order valence-corrected chi connectivity index (χ3v) is 3.11. The SMILES string of the molecule is CC1=C(C)CC(C(F)(F)F)C(C(F)(F)F)C1. The van der Waals surface area contributed by atoms with Crippen molar-refractivity contribution in [1.82, 2.24) is 0 Å². The minimum Gasteiger partial charge on any atom is -0.171 e. The highest BCUT2D eigenvalue weighted by Gasteiger charge is 2.55. The second-order valence-corrected chi connectivity index (χ2v) is 4.27. The predicted octanol–water partition coefficient (Wildman–Crippen LogP) is 4.47. The molecule has 1 aliphatic rings. The van der Waals surface area contributed by atoms with Crippen molar-refractivity contribution in [3.63, 3.8) is 0 Å². The molecule has 2 atom stereocenters. The third-order valence-electron chi connectivity index (χ3n) is 3.11. The first-order valence-electron chi connectivity index (χ1n) is 4.82. The molecule has 0 bridgehead atoms. The Labute approximate surface area is 89.3 Å². The highest BCUT2D eigenvalue weighted by atomic mass is 19.4. The maximum Gasteiger partial charge on any atom is 0.392 e. The second-order valence-electron chi connectivity index (χ2n) is 4.27. The Kier molecular flexibility index (Phi) is 3.32. The van der Waals surface area contributed by atoms with Crippen molar-refractivity contribution in [2.24, 2.45) is 11.8 Å². The van der Waals surface area contributed by atoms with E-state index in [0.717, 1.165) is 0 Å². The Bertz CT molecular complexity index is 265. The summed E-state index contributed by atoms with van der Waals surface area (Å²) in [5, 5.41) is 0. The van der Waals surface area contributed by atoms with Crippen molar-refractivity contribution in [1.29, 1.82) is 0 Å². The lowest BCUT2D eigenvalue weighted by Crippen LogP contribution is -2.41. The normalized spacial score (nSPS) is 28.5. The molecule has 0 nitrogen and oxygen atoms in total. The van der Waals surface area contributed by atoms with E-state index < -0.39 is 37.0 Å². The molecule has 0 aliphatic heterocycles. The highest BCUT2D eigenvalue weighted by Crippen LogP contribution is 2.49. The Balaban J connectivity index is 3.06. The lowest BCUT2D eigenvalue weighted by atomic mass is 9.76. The Morgan fingerprint density at radius 1 is 0.750 bits per heavy atom. The molecule has 0 amide bonds. The van der Waals surface area contributed by atoms with Crippen LogP contribution in [0, 0.1) is 11.8 Å². The Morgan fingerprint density at radius 2 is 1.00 bits per heavy atom. The number of rotatable bonds is 0. The van der Waals surface area contributed by atoms with Crippen LogP contribution in [0.15, 0.2) is 11.1 Å². The van der Waals surface area contributed by atoms with E-state index in [1.165, 1.54) is 13.8 Å². The number of alkyl halides is 6. The molecule has 16 heavy (non-hydrogen) atoms. The van der Waals surface area contributed by atoms with E-state index in [4.69, 9.17) is 0 Å². The maximum atomic E-state index is 12.5. The van der Waals surface area contributed by atoms with Crippen LogP contribution in [0.25, 0.3) is 0 Å². The van der Waals surface area contributed by atoms with E-state index in [1.807, 2.05) is 0 Å². The molecule has 1 aliphatic carbocycles. The molecule has 0 N–H and O–H groups in total. The zero-order valence-electron chi connectivity index (χ0n) is 8.84. The second kappa shape index (κ2) is 3.96. The monoisotopic (exact) mass is 246 g/mol. The Hall–Kier alpha value is -0.680. The minimum absolute atomic E-state index is 0.419.